The molecule has 0 radical (unpaired) electrons. The number of likely N-dealkylation sites (tertiary alicyclic amines) is 1. The molecule has 0 spiro atoms. The largest absolute Gasteiger partial charge is 0.543 e. The van der Waals surface area contributed by atoms with Crippen molar-refractivity contribution in [2.45, 2.75) is 30.0 Å². The molecule has 2 saturated heterocycles. The number of hydrogen-bond acceptors (Lipinski definition) is 12. The number of oxime groups is 1. The van der Waals surface area contributed by atoms with Crippen LogP contribution in [-0.4, -0.2) is 111 Å². The third-order valence-electron chi connectivity index (χ3n) is 6.30. The van der Waals surface area contributed by atoms with Gasteiger partial charge in [-0.2, -0.15) is 0 Å². The maximum Gasteiger partial charge on any atom is 0.276 e. The quantitative estimate of drug-likeness (QED) is 0.124. The van der Waals surface area contributed by atoms with Crippen LogP contribution in [0, 0.1) is 0 Å². The fourth-order valence-corrected chi connectivity index (χ4v) is 6.48. The fraction of sp³-hybridized carbons (Fsp3) is 0.550. The van der Waals surface area contributed by atoms with Crippen molar-refractivity contribution in [1.29, 1.82) is 0 Å². The molecule has 0 aromatic carbocycles. The molecule has 1 aromatic rings. The third-order valence-corrected chi connectivity index (χ3v) is 8.31. The lowest BCUT2D eigenvalue weighted by Crippen LogP contribution is -2.72. The number of nitrogen functional groups attached to an aromatic ring is 1. The molecule has 35 heavy (non-hydrogen) atoms. The number of aromatic nitrogens is 1. The maximum absolute atomic E-state index is 13.0. The number of carboxylic acids is 1. The summed E-state index contributed by atoms with van der Waals surface area (Å²) in [6, 6.07) is -0.974. The number of aliphatic hydroxyl groups is 2. The molecule has 3 aliphatic heterocycles. The number of thiazole rings is 1. The number of likely N-dealkylation sites (N-methyl/N-ethyl adjacent to an activating group) is 1. The molecule has 4 heterocycles. The lowest BCUT2D eigenvalue weighted by Gasteiger charge is -2.51. The number of amides is 2. The smallest absolute Gasteiger partial charge is 0.276 e. The van der Waals surface area contributed by atoms with Crippen molar-refractivity contribution >= 4 is 51.7 Å². The molecule has 0 bridgehead atoms. The monoisotopic (exact) mass is 526 g/mol. The van der Waals surface area contributed by atoms with E-state index in [2.05, 4.69) is 15.5 Å². The number of quaternary nitrogens is 1. The van der Waals surface area contributed by atoms with E-state index in [1.807, 2.05) is 7.05 Å². The lowest BCUT2D eigenvalue weighted by molar-refractivity contribution is -0.914. The highest BCUT2D eigenvalue weighted by Crippen LogP contribution is 2.41. The average Bonchev–Trinajstić information content (AvgIpc) is 3.23. The van der Waals surface area contributed by atoms with E-state index in [-0.39, 0.29) is 35.3 Å². The van der Waals surface area contributed by atoms with Crippen LogP contribution >= 0.6 is 23.1 Å². The van der Waals surface area contributed by atoms with Crippen LogP contribution in [0.5, 0.6) is 0 Å². The zero-order chi connectivity index (χ0) is 25.5. The van der Waals surface area contributed by atoms with Crippen molar-refractivity contribution < 1.29 is 39.0 Å². The van der Waals surface area contributed by atoms with E-state index in [9.17, 15) is 29.7 Å². The van der Waals surface area contributed by atoms with Crippen molar-refractivity contribution in [3.63, 3.8) is 0 Å². The van der Waals surface area contributed by atoms with Crippen LogP contribution < -0.4 is 16.2 Å². The minimum atomic E-state index is -1.48. The molecule has 4 rings (SSSR count). The highest BCUT2D eigenvalue weighted by molar-refractivity contribution is 8.00. The highest BCUT2D eigenvalue weighted by atomic mass is 32.2. The van der Waals surface area contributed by atoms with Crippen LogP contribution in [0.2, 0.25) is 0 Å². The fourth-order valence-electron chi connectivity index (χ4n) is 4.60. The van der Waals surface area contributed by atoms with Gasteiger partial charge in [-0.15, -0.1) is 23.1 Å². The first kappa shape index (κ1) is 25.4. The molecule has 2 fully saturated rings. The summed E-state index contributed by atoms with van der Waals surface area (Å²) in [6.45, 7) is 1.09. The summed E-state index contributed by atoms with van der Waals surface area (Å²) < 4.78 is 0.325. The number of β-lactam (4-membered cyclic amide) rings is 1. The van der Waals surface area contributed by atoms with Gasteiger partial charge >= 0.3 is 0 Å². The van der Waals surface area contributed by atoms with Crippen molar-refractivity contribution in [2.75, 3.05) is 45.3 Å². The Bertz CT molecular complexity index is 1110. The first-order valence-corrected chi connectivity index (χ1v) is 12.7. The van der Waals surface area contributed by atoms with E-state index < -0.39 is 41.4 Å². The summed E-state index contributed by atoms with van der Waals surface area (Å²) in [4.78, 5) is 47.8. The topological polar surface area (TPSA) is 190 Å². The van der Waals surface area contributed by atoms with Crippen molar-refractivity contribution in [3.05, 3.63) is 22.3 Å². The Balaban J connectivity index is 1.51. The SMILES string of the molecule is CO/N=C(\C(=O)N[C@@H]1C(=O)N2C(C(=O)[O-])=C(C[N+]3(C)CC[C@H](O)[C@@H](O)C3)CS[C@H]12)c1csc(N)n1. The molecule has 5 N–H and O–H groups in total. The van der Waals surface area contributed by atoms with Crippen molar-refractivity contribution in [3.8, 4) is 0 Å². The van der Waals surface area contributed by atoms with Crippen LogP contribution in [-0.2, 0) is 19.2 Å². The van der Waals surface area contributed by atoms with Crippen LogP contribution in [0.1, 0.15) is 12.1 Å². The second-order valence-corrected chi connectivity index (χ2v) is 10.9. The van der Waals surface area contributed by atoms with Gasteiger partial charge in [-0.05, 0) is 0 Å². The summed E-state index contributed by atoms with van der Waals surface area (Å²) >= 11 is 2.44. The number of carbonyl (C=O) groups is 3. The first-order chi connectivity index (χ1) is 16.5. The summed E-state index contributed by atoms with van der Waals surface area (Å²) in [7, 11) is 3.13. The van der Waals surface area contributed by atoms with Crippen molar-refractivity contribution in [1.82, 2.24) is 15.2 Å². The number of rotatable bonds is 7. The van der Waals surface area contributed by atoms with Crippen molar-refractivity contribution in [2.24, 2.45) is 5.16 Å². The van der Waals surface area contributed by atoms with E-state index in [1.54, 1.807) is 0 Å². The van der Waals surface area contributed by atoms with Crippen LogP contribution in [0.3, 0.4) is 0 Å². The highest BCUT2D eigenvalue weighted by Gasteiger charge is 2.54. The Morgan fingerprint density at radius 3 is 2.77 bits per heavy atom. The van der Waals surface area contributed by atoms with Gasteiger partial charge < -0.3 is 40.5 Å². The number of hydrogen-bond donors (Lipinski definition) is 4. The number of fused-ring (bicyclic) bond motifs is 1. The van der Waals surface area contributed by atoms with Gasteiger partial charge in [0, 0.05) is 23.1 Å². The normalized spacial score (nSPS) is 31.0. The van der Waals surface area contributed by atoms with E-state index >= 15 is 0 Å². The molecule has 3 aliphatic rings. The van der Waals surface area contributed by atoms with Crippen LogP contribution in [0.15, 0.2) is 21.8 Å². The number of anilines is 1. The Morgan fingerprint density at radius 2 is 2.17 bits per heavy atom. The van der Waals surface area contributed by atoms with Gasteiger partial charge in [0.1, 0.15) is 43.4 Å². The molecule has 0 saturated carbocycles. The number of piperidine rings is 1. The van der Waals surface area contributed by atoms with Gasteiger partial charge in [0.05, 0.1) is 31.4 Å². The Hall–Kier alpha value is -2.72. The zero-order valence-corrected chi connectivity index (χ0v) is 20.7. The molecule has 13 nitrogen and oxygen atoms in total. The number of nitrogens with one attached hydrogen (secondary N) is 1. The molecule has 190 valence electrons. The van der Waals surface area contributed by atoms with E-state index in [0.29, 0.717) is 28.8 Å². The summed E-state index contributed by atoms with van der Waals surface area (Å²) in [6.07, 6.45) is -1.34. The minimum Gasteiger partial charge on any atom is -0.543 e. The van der Waals surface area contributed by atoms with Crippen LogP contribution in [0.4, 0.5) is 5.13 Å². The molecular weight excluding hydrogens is 500 g/mol. The number of aliphatic hydroxyl groups excluding tert-OH is 2. The van der Waals surface area contributed by atoms with E-state index in [1.165, 1.54) is 24.3 Å². The Morgan fingerprint density at radius 1 is 1.43 bits per heavy atom. The molecule has 0 aliphatic carbocycles. The molecule has 1 aromatic heterocycles. The molecule has 2 amide bonds. The average molecular weight is 527 g/mol. The second-order valence-electron chi connectivity index (χ2n) is 8.90. The van der Waals surface area contributed by atoms with Gasteiger partial charge in [0.2, 0.25) is 0 Å². The molecule has 1 unspecified atom stereocenters. The van der Waals surface area contributed by atoms with Gasteiger partial charge in [0.15, 0.2) is 10.8 Å². The van der Waals surface area contributed by atoms with E-state index in [4.69, 9.17) is 10.6 Å². The predicted molar refractivity (Wildman–Crippen MR) is 125 cm³/mol. The van der Waals surface area contributed by atoms with E-state index in [0.717, 1.165) is 16.2 Å². The standard InChI is InChI=1S/C20H26N6O7S2/c1-26(4-3-11(27)12(28)6-26)5-9-7-34-18-14(17(30)25(18)15(9)19(31)32)23-16(29)13(24-33-2)10-8-35-20(21)22-10/h8,11-12,14,18,27-28H,3-7H2,1-2H3,(H3-,21,22,23,29,31,32)/b24-13-/t11-,12-,14+,18+,26?/m0/s1. The number of nitrogens with zero attached hydrogens (tertiary/aromatic N) is 4. The van der Waals surface area contributed by atoms with Gasteiger partial charge in [-0.25, -0.2) is 4.98 Å². The van der Waals surface area contributed by atoms with Gasteiger partial charge in [-0.1, -0.05) is 5.16 Å². The lowest BCUT2D eigenvalue weighted by atomic mass is 9.99. The number of carboxylic acid groups (broad SMARTS) is 1. The summed E-state index contributed by atoms with van der Waals surface area (Å²) in [5.41, 5.74) is 5.96. The number of thioether (sulfide) groups is 1. The molecule has 15 heteroatoms. The third kappa shape index (κ3) is 4.86. The van der Waals surface area contributed by atoms with Gasteiger partial charge in [-0.3, -0.25) is 14.5 Å². The maximum atomic E-state index is 13.0. The van der Waals surface area contributed by atoms with Crippen LogP contribution in [0.25, 0.3) is 0 Å². The summed E-state index contributed by atoms with van der Waals surface area (Å²) in [5.74, 6) is -2.47. The zero-order valence-electron chi connectivity index (χ0n) is 19.0. The first-order valence-electron chi connectivity index (χ1n) is 10.8. The number of aliphatic carboxylic acids is 1. The molecule has 5 atom stereocenters. The molecular formula is C20H26N6O7S2. The Labute approximate surface area is 208 Å². The predicted octanol–water partition coefficient (Wildman–Crippen LogP) is -2.95. The Kier molecular flexibility index (Phi) is 7.06. The summed E-state index contributed by atoms with van der Waals surface area (Å²) in [5, 5.41) is 39.4. The minimum absolute atomic E-state index is 0.160. The number of carbonyl (C=O) groups excluding carboxylic acids is 3. The second kappa shape index (κ2) is 9.73. The van der Waals surface area contributed by atoms with Gasteiger partial charge in [0.25, 0.3) is 11.8 Å². The number of nitrogens with two attached hydrogens (primary N) is 1.